The van der Waals surface area contributed by atoms with Crippen LogP contribution in [0.1, 0.15) is 35.7 Å². The van der Waals surface area contributed by atoms with Gasteiger partial charge in [-0.2, -0.15) is 0 Å². The first-order chi connectivity index (χ1) is 8.83. The van der Waals surface area contributed by atoms with Crippen LogP contribution in [0.15, 0.2) is 39.9 Å². The molecule has 1 aliphatic carbocycles. The van der Waals surface area contributed by atoms with Gasteiger partial charge in [0.05, 0.1) is 12.5 Å². The average Bonchev–Trinajstić information content (AvgIpc) is 2.89. The third kappa shape index (κ3) is 2.24. The minimum absolute atomic E-state index is 0.00997. The lowest BCUT2D eigenvalue weighted by molar-refractivity contribution is 0.451. The van der Waals surface area contributed by atoms with Crippen molar-refractivity contribution >= 4 is 0 Å². The summed E-state index contributed by atoms with van der Waals surface area (Å²) in [7, 11) is 0. The molecule has 2 heterocycles. The van der Waals surface area contributed by atoms with E-state index in [4.69, 9.17) is 4.42 Å². The second-order valence-corrected chi connectivity index (χ2v) is 4.71. The van der Waals surface area contributed by atoms with Gasteiger partial charge in [-0.05, 0) is 30.9 Å². The number of rotatable bonds is 3. The Hall–Kier alpha value is -1.81. The molecule has 2 N–H and O–H groups in total. The van der Waals surface area contributed by atoms with Crippen LogP contribution in [0.2, 0.25) is 0 Å². The van der Waals surface area contributed by atoms with Crippen molar-refractivity contribution in [2.45, 2.75) is 31.8 Å². The maximum atomic E-state index is 11.3. The minimum Gasteiger partial charge on any atom is -0.472 e. The number of aromatic nitrogens is 1. The van der Waals surface area contributed by atoms with E-state index in [2.05, 4.69) is 10.3 Å². The Kier molecular flexibility index (Phi) is 3.02. The highest BCUT2D eigenvalue weighted by Crippen LogP contribution is 2.27. The molecule has 94 valence electrons. The van der Waals surface area contributed by atoms with E-state index in [0.717, 1.165) is 37.1 Å². The van der Waals surface area contributed by atoms with Crippen LogP contribution in [-0.2, 0) is 13.0 Å². The van der Waals surface area contributed by atoms with Crippen molar-refractivity contribution < 1.29 is 4.42 Å². The van der Waals surface area contributed by atoms with Gasteiger partial charge >= 0.3 is 0 Å². The van der Waals surface area contributed by atoms with Crippen LogP contribution in [0.4, 0.5) is 0 Å². The molecule has 18 heavy (non-hydrogen) atoms. The molecule has 0 amide bonds. The van der Waals surface area contributed by atoms with E-state index in [1.807, 2.05) is 12.1 Å². The summed E-state index contributed by atoms with van der Waals surface area (Å²) in [5, 5.41) is 3.52. The van der Waals surface area contributed by atoms with Gasteiger partial charge in [0.15, 0.2) is 0 Å². The predicted octanol–water partition coefficient (Wildman–Crippen LogP) is 2.14. The summed E-state index contributed by atoms with van der Waals surface area (Å²) in [5.41, 5.74) is 3.44. The largest absolute Gasteiger partial charge is 0.472 e. The zero-order valence-corrected chi connectivity index (χ0v) is 10.1. The van der Waals surface area contributed by atoms with E-state index in [1.165, 1.54) is 5.56 Å². The molecule has 2 aromatic rings. The maximum absolute atomic E-state index is 11.3. The van der Waals surface area contributed by atoms with Crippen LogP contribution < -0.4 is 10.9 Å². The lowest BCUT2D eigenvalue weighted by Crippen LogP contribution is -2.26. The van der Waals surface area contributed by atoms with Gasteiger partial charge < -0.3 is 14.7 Å². The number of hydrogen-bond acceptors (Lipinski definition) is 3. The van der Waals surface area contributed by atoms with Crippen LogP contribution in [0, 0.1) is 0 Å². The van der Waals surface area contributed by atoms with Gasteiger partial charge in [-0.15, -0.1) is 0 Å². The van der Waals surface area contributed by atoms with Crippen LogP contribution in [0.5, 0.6) is 0 Å². The molecular weight excluding hydrogens is 228 g/mol. The van der Waals surface area contributed by atoms with E-state index >= 15 is 0 Å². The lowest BCUT2D eigenvalue weighted by atomic mass is 9.91. The third-order valence-electron chi connectivity index (χ3n) is 3.46. The fourth-order valence-electron chi connectivity index (χ4n) is 2.55. The molecule has 2 aromatic heterocycles. The Bertz CT molecular complexity index is 572. The molecule has 1 aliphatic rings. The second-order valence-electron chi connectivity index (χ2n) is 4.71. The van der Waals surface area contributed by atoms with Crippen molar-refractivity contribution in [3.8, 4) is 0 Å². The fourth-order valence-corrected chi connectivity index (χ4v) is 2.55. The van der Waals surface area contributed by atoms with Gasteiger partial charge in [-0.1, -0.05) is 6.07 Å². The lowest BCUT2D eigenvalue weighted by Gasteiger charge is -2.25. The van der Waals surface area contributed by atoms with Gasteiger partial charge in [0.1, 0.15) is 0 Å². The van der Waals surface area contributed by atoms with Crippen molar-refractivity contribution in [2.24, 2.45) is 0 Å². The van der Waals surface area contributed by atoms with Crippen LogP contribution in [-0.4, -0.2) is 4.98 Å². The zero-order chi connectivity index (χ0) is 12.4. The number of aryl methyl sites for hydroxylation is 1. The normalized spacial score (nSPS) is 18.6. The van der Waals surface area contributed by atoms with Crippen LogP contribution >= 0.6 is 0 Å². The molecule has 3 rings (SSSR count). The van der Waals surface area contributed by atoms with Crippen molar-refractivity contribution in [1.29, 1.82) is 0 Å². The van der Waals surface area contributed by atoms with E-state index in [9.17, 15) is 4.79 Å². The summed E-state index contributed by atoms with van der Waals surface area (Å²) in [5.74, 6) is 0. The minimum atomic E-state index is -0.00997. The SMILES string of the molecule is O=c1ccc2c([nH]1)CCCC2NCc1ccoc1. The molecule has 0 spiro atoms. The Morgan fingerprint density at radius 2 is 2.33 bits per heavy atom. The third-order valence-corrected chi connectivity index (χ3v) is 3.46. The second kappa shape index (κ2) is 4.82. The molecule has 0 saturated carbocycles. The van der Waals surface area contributed by atoms with E-state index in [0.29, 0.717) is 6.04 Å². The molecule has 0 radical (unpaired) electrons. The summed E-state index contributed by atoms with van der Waals surface area (Å²) in [6, 6.07) is 5.83. The topological polar surface area (TPSA) is 58.0 Å². The van der Waals surface area contributed by atoms with E-state index in [-0.39, 0.29) is 5.56 Å². The molecule has 0 saturated heterocycles. The Balaban J connectivity index is 1.77. The molecule has 0 fully saturated rings. The van der Waals surface area contributed by atoms with E-state index < -0.39 is 0 Å². The highest BCUT2D eigenvalue weighted by Gasteiger charge is 2.20. The van der Waals surface area contributed by atoms with E-state index in [1.54, 1.807) is 18.6 Å². The highest BCUT2D eigenvalue weighted by molar-refractivity contribution is 5.26. The number of furan rings is 1. The number of H-pyrrole nitrogens is 1. The van der Waals surface area contributed by atoms with Gasteiger partial charge in [0, 0.05) is 29.9 Å². The molecule has 1 unspecified atom stereocenters. The first-order valence-corrected chi connectivity index (χ1v) is 6.29. The van der Waals surface area contributed by atoms with Gasteiger partial charge in [-0.3, -0.25) is 4.79 Å². The first-order valence-electron chi connectivity index (χ1n) is 6.29. The van der Waals surface area contributed by atoms with Crippen LogP contribution in [0.3, 0.4) is 0 Å². The summed E-state index contributed by atoms with van der Waals surface area (Å²) >= 11 is 0. The Morgan fingerprint density at radius 3 is 3.17 bits per heavy atom. The molecule has 4 heteroatoms. The number of hydrogen-bond donors (Lipinski definition) is 2. The van der Waals surface area contributed by atoms with Crippen molar-refractivity contribution in [3.05, 3.63) is 57.9 Å². The number of nitrogens with one attached hydrogen (secondary N) is 2. The van der Waals surface area contributed by atoms with Crippen molar-refractivity contribution in [2.75, 3.05) is 0 Å². The highest BCUT2D eigenvalue weighted by atomic mass is 16.3. The zero-order valence-electron chi connectivity index (χ0n) is 10.1. The van der Waals surface area contributed by atoms with Gasteiger partial charge in [0.25, 0.3) is 0 Å². The number of pyridine rings is 1. The number of aromatic amines is 1. The molecule has 4 nitrogen and oxygen atoms in total. The Labute approximate surface area is 105 Å². The first kappa shape index (κ1) is 11.3. The van der Waals surface area contributed by atoms with Crippen LogP contribution in [0.25, 0.3) is 0 Å². The molecule has 0 bridgehead atoms. The summed E-state index contributed by atoms with van der Waals surface area (Å²) in [6.45, 7) is 0.791. The summed E-state index contributed by atoms with van der Waals surface area (Å²) < 4.78 is 5.05. The predicted molar refractivity (Wildman–Crippen MR) is 68.3 cm³/mol. The van der Waals surface area contributed by atoms with Gasteiger partial charge in [0.2, 0.25) is 5.56 Å². The average molecular weight is 244 g/mol. The molecular formula is C14H16N2O2. The summed E-state index contributed by atoms with van der Waals surface area (Å²) in [6.07, 6.45) is 6.62. The molecule has 0 aliphatic heterocycles. The number of fused-ring (bicyclic) bond motifs is 1. The maximum Gasteiger partial charge on any atom is 0.248 e. The van der Waals surface area contributed by atoms with Crippen molar-refractivity contribution in [1.82, 2.24) is 10.3 Å². The Morgan fingerprint density at radius 1 is 1.39 bits per heavy atom. The standard InChI is InChI=1S/C14H16N2O2/c17-14-5-4-11-12(2-1-3-13(11)16-14)15-8-10-6-7-18-9-10/h4-7,9,12,15H,1-3,8H2,(H,16,17). The monoisotopic (exact) mass is 244 g/mol. The summed E-state index contributed by atoms with van der Waals surface area (Å²) in [4.78, 5) is 14.2. The van der Waals surface area contributed by atoms with Crippen molar-refractivity contribution in [3.63, 3.8) is 0 Å². The molecule has 1 atom stereocenters. The quantitative estimate of drug-likeness (QED) is 0.869. The fraction of sp³-hybridized carbons (Fsp3) is 0.357. The molecule has 0 aromatic carbocycles. The van der Waals surface area contributed by atoms with Gasteiger partial charge in [-0.25, -0.2) is 0 Å². The smallest absolute Gasteiger partial charge is 0.248 e.